The Hall–Kier alpha value is -2.19. The number of pyridine rings is 1. The smallest absolute Gasteiger partial charge is 0.0705 e. The molecule has 3 rings (SSSR count). The molecule has 3 aromatic rings. The summed E-state index contributed by atoms with van der Waals surface area (Å²) in [5.41, 5.74) is 9.79. The van der Waals surface area contributed by atoms with Crippen molar-refractivity contribution in [2.75, 3.05) is 0 Å². The average Bonchev–Trinajstić information content (AvgIpc) is 2.47. The van der Waals surface area contributed by atoms with Crippen LogP contribution in [0.25, 0.3) is 10.9 Å². The van der Waals surface area contributed by atoms with Crippen LogP contribution in [0.15, 0.2) is 66.9 Å². The lowest BCUT2D eigenvalue weighted by molar-refractivity contribution is 0.727. The van der Waals surface area contributed by atoms with Crippen molar-refractivity contribution in [3.8, 4) is 0 Å². The van der Waals surface area contributed by atoms with Gasteiger partial charge in [0.1, 0.15) is 0 Å². The second-order valence-electron chi connectivity index (χ2n) is 4.71. The zero-order valence-electron chi connectivity index (χ0n) is 10.7. The molecule has 0 saturated heterocycles. The number of hydrogen-bond acceptors (Lipinski definition) is 2. The van der Waals surface area contributed by atoms with Crippen LogP contribution in [0.5, 0.6) is 0 Å². The number of aromatic nitrogens is 1. The lowest BCUT2D eigenvalue weighted by Crippen LogP contribution is -2.13. The highest BCUT2D eigenvalue weighted by Crippen LogP contribution is 2.23. The summed E-state index contributed by atoms with van der Waals surface area (Å²) in [6.45, 7) is 0. The van der Waals surface area contributed by atoms with Crippen LogP contribution in [0.1, 0.15) is 17.2 Å². The van der Waals surface area contributed by atoms with Crippen molar-refractivity contribution >= 4 is 10.9 Å². The summed E-state index contributed by atoms with van der Waals surface area (Å²) in [7, 11) is 0. The molecular weight excluding hydrogens is 232 g/mol. The lowest BCUT2D eigenvalue weighted by atomic mass is 9.97. The number of para-hydroxylation sites is 1. The Morgan fingerprint density at radius 1 is 0.895 bits per heavy atom. The van der Waals surface area contributed by atoms with Crippen LogP contribution in [-0.2, 0) is 6.42 Å². The Labute approximate surface area is 112 Å². The molecule has 2 aromatic carbocycles. The summed E-state index contributed by atoms with van der Waals surface area (Å²) >= 11 is 0. The minimum atomic E-state index is -0.00435. The van der Waals surface area contributed by atoms with Crippen molar-refractivity contribution in [3.63, 3.8) is 0 Å². The topological polar surface area (TPSA) is 38.9 Å². The van der Waals surface area contributed by atoms with Gasteiger partial charge in [0.15, 0.2) is 0 Å². The Morgan fingerprint density at radius 3 is 2.47 bits per heavy atom. The van der Waals surface area contributed by atoms with Crippen LogP contribution in [0.2, 0.25) is 0 Å². The van der Waals surface area contributed by atoms with E-state index in [9.17, 15) is 0 Å². The third-order valence-electron chi connectivity index (χ3n) is 3.38. The molecule has 0 aliphatic rings. The monoisotopic (exact) mass is 248 g/mol. The van der Waals surface area contributed by atoms with E-state index < -0.39 is 0 Å². The Kier molecular flexibility index (Phi) is 3.25. The number of benzene rings is 2. The van der Waals surface area contributed by atoms with Crippen LogP contribution >= 0.6 is 0 Å². The minimum absolute atomic E-state index is 0.00435. The van der Waals surface area contributed by atoms with E-state index in [1.54, 1.807) is 0 Å². The van der Waals surface area contributed by atoms with Gasteiger partial charge in [-0.15, -0.1) is 0 Å². The quantitative estimate of drug-likeness (QED) is 0.770. The van der Waals surface area contributed by atoms with Gasteiger partial charge in [0, 0.05) is 17.6 Å². The van der Waals surface area contributed by atoms with E-state index in [-0.39, 0.29) is 6.04 Å². The van der Waals surface area contributed by atoms with E-state index in [0.717, 1.165) is 22.9 Å². The van der Waals surface area contributed by atoms with E-state index in [4.69, 9.17) is 5.73 Å². The van der Waals surface area contributed by atoms with Gasteiger partial charge in [-0.1, -0.05) is 48.5 Å². The van der Waals surface area contributed by atoms with Crippen molar-refractivity contribution < 1.29 is 0 Å². The van der Waals surface area contributed by atoms with Gasteiger partial charge in [-0.05, 0) is 29.7 Å². The number of rotatable bonds is 3. The van der Waals surface area contributed by atoms with Crippen molar-refractivity contribution in [1.82, 2.24) is 4.98 Å². The van der Waals surface area contributed by atoms with Gasteiger partial charge in [0.05, 0.1) is 5.52 Å². The zero-order valence-corrected chi connectivity index (χ0v) is 10.7. The maximum Gasteiger partial charge on any atom is 0.0705 e. The van der Waals surface area contributed by atoms with E-state index in [2.05, 4.69) is 23.2 Å². The summed E-state index contributed by atoms with van der Waals surface area (Å²) in [4.78, 5) is 4.38. The van der Waals surface area contributed by atoms with Gasteiger partial charge >= 0.3 is 0 Å². The Balaban J connectivity index is 1.96. The summed E-state index contributed by atoms with van der Waals surface area (Å²) in [5, 5.41) is 1.15. The molecule has 1 unspecified atom stereocenters. The fourth-order valence-electron chi connectivity index (χ4n) is 2.42. The van der Waals surface area contributed by atoms with Crippen LogP contribution < -0.4 is 5.73 Å². The molecule has 19 heavy (non-hydrogen) atoms. The second kappa shape index (κ2) is 5.21. The lowest BCUT2D eigenvalue weighted by Gasteiger charge is -2.14. The molecule has 2 heteroatoms. The molecule has 0 fully saturated rings. The first-order valence-corrected chi connectivity index (χ1v) is 6.48. The predicted molar refractivity (Wildman–Crippen MR) is 78.8 cm³/mol. The molecular formula is C17H16N2. The molecule has 0 saturated carbocycles. The maximum absolute atomic E-state index is 6.37. The first-order chi connectivity index (χ1) is 9.34. The fraction of sp³-hybridized carbons (Fsp3) is 0.118. The highest BCUT2D eigenvalue weighted by Gasteiger charge is 2.10. The first kappa shape index (κ1) is 11.9. The number of nitrogens with two attached hydrogens (primary N) is 1. The van der Waals surface area contributed by atoms with Crippen molar-refractivity contribution in [1.29, 1.82) is 0 Å². The number of fused-ring (bicyclic) bond motifs is 1. The van der Waals surface area contributed by atoms with Crippen molar-refractivity contribution in [2.24, 2.45) is 5.73 Å². The molecule has 2 nitrogen and oxygen atoms in total. The zero-order chi connectivity index (χ0) is 13.1. The third-order valence-corrected chi connectivity index (χ3v) is 3.38. The Bertz CT molecular complexity index is 672. The van der Waals surface area contributed by atoms with Crippen LogP contribution in [0.3, 0.4) is 0 Å². The molecule has 0 radical (unpaired) electrons. The second-order valence-corrected chi connectivity index (χ2v) is 4.71. The molecule has 0 aliphatic heterocycles. The van der Waals surface area contributed by atoms with Crippen molar-refractivity contribution in [3.05, 3.63) is 78.0 Å². The summed E-state index contributed by atoms with van der Waals surface area (Å²) in [6.07, 6.45) is 2.68. The molecule has 1 heterocycles. The molecule has 1 aromatic heterocycles. The van der Waals surface area contributed by atoms with E-state index in [0.29, 0.717) is 0 Å². The van der Waals surface area contributed by atoms with E-state index >= 15 is 0 Å². The normalized spacial score (nSPS) is 12.5. The molecule has 94 valence electrons. The standard InChI is InChI=1S/C17H16N2/c18-16(12-13-6-2-1-3-7-13)14-10-11-19-17-9-5-4-8-15(14)17/h1-11,16H,12,18H2. The van der Waals surface area contributed by atoms with Gasteiger partial charge in [-0.25, -0.2) is 0 Å². The average molecular weight is 248 g/mol. The largest absolute Gasteiger partial charge is 0.324 e. The number of nitrogens with zero attached hydrogens (tertiary/aromatic N) is 1. The van der Waals surface area contributed by atoms with Gasteiger partial charge in [0.25, 0.3) is 0 Å². The van der Waals surface area contributed by atoms with Crippen LogP contribution in [-0.4, -0.2) is 4.98 Å². The van der Waals surface area contributed by atoms with Gasteiger partial charge < -0.3 is 5.73 Å². The molecule has 0 bridgehead atoms. The van der Waals surface area contributed by atoms with E-state index in [1.165, 1.54) is 5.56 Å². The highest BCUT2D eigenvalue weighted by atomic mass is 14.7. The number of hydrogen-bond donors (Lipinski definition) is 1. The van der Waals surface area contributed by atoms with Crippen LogP contribution in [0.4, 0.5) is 0 Å². The fourth-order valence-corrected chi connectivity index (χ4v) is 2.42. The minimum Gasteiger partial charge on any atom is -0.324 e. The van der Waals surface area contributed by atoms with E-state index in [1.807, 2.05) is 48.7 Å². The summed E-state index contributed by atoms with van der Waals surface area (Å²) in [5.74, 6) is 0. The maximum atomic E-state index is 6.37. The SMILES string of the molecule is NC(Cc1ccccc1)c1ccnc2ccccc12. The first-order valence-electron chi connectivity index (χ1n) is 6.48. The molecule has 1 atom stereocenters. The van der Waals surface area contributed by atoms with Crippen molar-refractivity contribution in [2.45, 2.75) is 12.5 Å². The third kappa shape index (κ3) is 2.49. The van der Waals surface area contributed by atoms with Gasteiger partial charge in [-0.2, -0.15) is 0 Å². The Morgan fingerprint density at radius 2 is 1.63 bits per heavy atom. The van der Waals surface area contributed by atoms with Crippen LogP contribution in [0, 0.1) is 0 Å². The van der Waals surface area contributed by atoms with Gasteiger partial charge in [0.2, 0.25) is 0 Å². The molecule has 0 spiro atoms. The molecule has 0 amide bonds. The summed E-state index contributed by atoms with van der Waals surface area (Å²) in [6, 6.07) is 20.5. The molecule has 0 aliphatic carbocycles. The molecule has 2 N–H and O–H groups in total. The van der Waals surface area contributed by atoms with Gasteiger partial charge in [-0.3, -0.25) is 4.98 Å². The highest BCUT2D eigenvalue weighted by molar-refractivity contribution is 5.82. The summed E-state index contributed by atoms with van der Waals surface area (Å²) < 4.78 is 0. The predicted octanol–water partition coefficient (Wildman–Crippen LogP) is 3.48.